The molecular formula is C19H28IN7S. The molecule has 3 rings (SSSR count). The molecule has 0 spiro atoms. The third kappa shape index (κ3) is 5.57. The molecule has 2 heterocycles. The molecule has 0 radical (unpaired) electrons. The van der Waals surface area contributed by atoms with E-state index < -0.39 is 0 Å². The van der Waals surface area contributed by atoms with E-state index in [0.717, 1.165) is 47.6 Å². The highest BCUT2D eigenvalue weighted by Gasteiger charge is 2.07. The van der Waals surface area contributed by atoms with Crippen LogP contribution in [0.25, 0.3) is 11.0 Å². The number of aryl methyl sites for hydroxylation is 2. The van der Waals surface area contributed by atoms with Gasteiger partial charge in [0, 0.05) is 39.6 Å². The summed E-state index contributed by atoms with van der Waals surface area (Å²) in [5.41, 5.74) is 3.27. The number of benzene rings is 1. The number of thiazole rings is 1. The van der Waals surface area contributed by atoms with Gasteiger partial charge in [-0.05, 0) is 25.5 Å². The van der Waals surface area contributed by atoms with Crippen molar-refractivity contribution in [2.24, 2.45) is 4.99 Å². The summed E-state index contributed by atoms with van der Waals surface area (Å²) in [7, 11) is 5.79. The number of guanidine groups is 1. The van der Waals surface area contributed by atoms with Gasteiger partial charge in [-0.3, -0.25) is 4.99 Å². The SMILES string of the molecule is CN=C(NCCCn1c(C)nc2ccccc21)NCc1csc(N(C)C)n1.I. The van der Waals surface area contributed by atoms with Crippen molar-refractivity contribution in [2.45, 2.75) is 26.4 Å². The minimum atomic E-state index is 0. The van der Waals surface area contributed by atoms with Gasteiger partial charge in [0.1, 0.15) is 5.82 Å². The van der Waals surface area contributed by atoms with Crippen LogP contribution in [-0.2, 0) is 13.1 Å². The average Bonchev–Trinajstić information content (AvgIpc) is 3.25. The first-order chi connectivity index (χ1) is 13.1. The highest BCUT2D eigenvalue weighted by atomic mass is 127. The molecule has 0 amide bonds. The lowest BCUT2D eigenvalue weighted by Gasteiger charge is -2.12. The van der Waals surface area contributed by atoms with Gasteiger partial charge in [0.25, 0.3) is 0 Å². The maximum atomic E-state index is 4.62. The van der Waals surface area contributed by atoms with Gasteiger partial charge in [-0.15, -0.1) is 35.3 Å². The molecule has 2 aromatic heterocycles. The molecule has 3 aromatic rings. The van der Waals surface area contributed by atoms with Gasteiger partial charge in [0.15, 0.2) is 11.1 Å². The Morgan fingerprint density at radius 2 is 2.00 bits per heavy atom. The molecule has 0 bridgehead atoms. The highest BCUT2D eigenvalue weighted by molar-refractivity contribution is 14.0. The second kappa shape index (κ2) is 10.6. The van der Waals surface area contributed by atoms with Crippen LogP contribution in [0.15, 0.2) is 34.6 Å². The van der Waals surface area contributed by atoms with Gasteiger partial charge in [0.05, 0.1) is 23.3 Å². The number of hydrogen-bond donors (Lipinski definition) is 2. The maximum absolute atomic E-state index is 4.62. The third-order valence-electron chi connectivity index (χ3n) is 4.28. The van der Waals surface area contributed by atoms with E-state index >= 15 is 0 Å². The van der Waals surface area contributed by atoms with Crippen molar-refractivity contribution in [3.63, 3.8) is 0 Å². The van der Waals surface area contributed by atoms with Crippen LogP contribution in [0.5, 0.6) is 0 Å². The number of aliphatic imine (C=N–C) groups is 1. The van der Waals surface area contributed by atoms with Crippen molar-refractivity contribution in [3.05, 3.63) is 41.2 Å². The molecule has 0 aliphatic heterocycles. The second-order valence-electron chi connectivity index (χ2n) is 6.52. The van der Waals surface area contributed by atoms with Crippen molar-refractivity contribution < 1.29 is 0 Å². The van der Waals surface area contributed by atoms with Gasteiger partial charge in [-0.2, -0.15) is 0 Å². The predicted molar refractivity (Wildman–Crippen MR) is 129 cm³/mol. The number of imidazole rings is 1. The molecule has 0 unspecified atom stereocenters. The summed E-state index contributed by atoms with van der Waals surface area (Å²) in [6, 6.07) is 8.27. The molecule has 0 aliphatic rings. The molecule has 0 aliphatic carbocycles. The number of nitrogens with one attached hydrogen (secondary N) is 2. The van der Waals surface area contributed by atoms with Crippen LogP contribution in [0.3, 0.4) is 0 Å². The highest BCUT2D eigenvalue weighted by Crippen LogP contribution is 2.17. The Morgan fingerprint density at radius 1 is 1.21 bits per heavy atom. The number of halogens is 1. The first-order valence-corrected chi connectivity index (χ1v) is 9.94. The van der Waals surface area contributed by atoms with E-state index in [4.69, 9.17) is 0 Å². The van der Waals surface area contributed by atoms with Crippen LogP contribution in [0.4, 0.5) is 5.13 Å². The average molecular weight is 513 g/mol. The third-order valence-corrected chi connectivity index (χ3v) is 5.34. The summed E-state index contributed by atoms with van der Waals surface area (Å²) in [6.45, 7) is 4.49. The fourth-order valence-corrected chi connectivity index (χ4v) is 3.66. The van der Waals surface area contributed by atoms with Crippen molar-refractivity contribution in [1.29, 1.82) is 0 Å². The largest absolute Gasteiger partial charge is 0.356 e. The number of hydrogen-bond acceptors (Lipinski definition) is 5. The number of fused-ring (bicyclic) bond motifs is 1. The van der Waals surface area contributed by atoms with E-state index in [0.29, 0.717) is 6.54 Å². The molecule has 2 N–H and O–H groups in total. The minimum absolute atomic E-state index is 0. The van der Waals surface area contributed by atoms with Gasteiger partial charge in [-0.1, -0.05) is 12.1 Å². The predicted octanol–water partition coefficient (Wildman–Crippen LogP) is 3.24. The van der Waals surface area contributed by atoms with Crippen LogP contribution >= 0.6 is 35.3 Å². The molecule has 7 nitrogen and oxygen atoms in total. The van der Waals surface area contributed by atoms with Crippen molar-refractivity contribution in [3.8, 4) is 0 Å². The van der Waals surface area contributed by atoms with E-state index in [1.807, 2.05) is 25.1 Å². The normalized spacial score (nSPS) is 11.4. The molecule has 28 heavy (non-hydrogen) atoms. The number of anilines is 1. The zero-order valence-corrected chi connectivity index (χ0v) is 19.9. The minimum Gasteiger partial charge on any atom is -0.356 e. The molecule has 0 saturated carbocycles. The second-order valence-corrected chi connectivity index (χ2v) is 7.36. The molecule has 0 atom stereocenters. The number of para-hydroxylation sites is 2. The molecule has 1 aromatic carbocycles. The number of nitrogens with zero attached hydrogens (tertiary/aromatic N) is 5. The van der Waals surface area contributed by atoms with E-state index in [2.05, 4.69) is 60.7 Å². The Labute approximate surface area is 187 Å². The molecule has 0 saturated heterocycles. The topological polar surface area (TPSA) is 70.4 Å². The van der Waals surface area contributed by atoms with E-state index in [1.165, 1.54) is 5.52 Å². The first kappa shape index (κ1) is 22.4. The van der Waals surface area contributed by atoms with Gasteiger partial charge >= 0.3 is 0 Å². The fourth-order valence-electron chi connectivity index (χ4n) is 2.90. The zero-order valence-electron chi connectivity index (χ0n) is 16.8. The monoisotopic (exact) mass is 513 g/mol. The van der Waals surface area contributed by atoms with E-state index in [-0.39, 0.29) is 24.0 Å². The summed E-state index contributed by atoms with van der Waals surface area (Å²) in [6.07, 6.45) is 0.989. The van der Waals surface area contributed by atoms with Crippen molar-refractivity contribution in [1.82, 2.24) is 25.2 Å². The Bertz CT molecular complexity index is 916. The lowest BCUT2D eigenvalue weighted by atomic mass is 10.3. The Morgan fingerprint density at radius 3 is 2.71 bits per heavy atom. The van der Waals surface area contributed by atoms with Crippen LogP contribution < -0.4 is 15.5 Å². The summed E-state index contributed by atoms with van der Waals surface area (Å²) in [5.74, 6) is 1.85. The standard InChI is InChI=1S/C19H27N7S.HI/c1-14-23-16-8-5-6-9-17(16)26(14)11-7-10-21-18(20-2)22-12-15-13-27-19(24-15)25(3)4;/h5-6,8-9,13H,7,10-12H2,1-4H3,(H2,20,21,22);1H. The van der Waals surface area contributed by atoms with Crippen LogP contribution in [0.2, 0.25) is 0 Å². The van der Waals surface area contributed by atoms with Crippen LogP contribution in [0, 0.1) is 6.92 Å². The Hall–Kier alpha value is -1.88. The van der Waals surface area contributed by atoms with Crippen LogP contribution in [0.1, 0.15) is 17.9 Å². The quantitative estimate of drug-likeness (QED) is 0.220. The summed E-state index contributed by atoms with van der Waals surface area (Å²) >= 11 is 1.64. The van der Waals surface area contributed by atoms with Gasteiger partial charge in [0.2, 0.25) is 0 Å². The lowest BCUT2D eigenvalue weighted by Crippen LogP contribution is -2.37. The van der Waals surface area contributed by atoms with E-state index in [1.54, 1.807) is 18.4 Å². The number of rotatable bonds is 7. The van der Waals surface area contributed by atoms with Gasteiger partial charge < -0.3 is 20.1 Å². The summed E-state index contributed by atoms with van der Waals surface area (Å²) in [4.78, 5) is 15.5. The first-order valence-electron chi connectivity index (χ1n) is 9.06. The number of aromatic nitrogens is 3. The lowest BCUT2D eigenvalue weighted by molar-refractivity contribution is 0.624. The molecule has 152 valence electrons. The Kier molecular flexibility index (Phi) is 8.49. The molecule has 0 fully saturated rings. The van der Waals surface area contributed by atoms with Crippen LogP contribution in [-0.4, -0.2) is 48.2 Å². The smallest absolute Gasteiger partial charge is 0.191 e. The summed E-state index contributed by atoms with van der Waals surface area (Å²) < 4.78 is 2.27. The van der Waals surface area contributed by atoms with E-state index in [9.17, 15) is 0 Å². The summed E-state index contributed by atoms with van der Waals surface area (Å²) in [5, 5.41) is 9.77. The van der Waals surface area contributed by atoms with Gasteiger partial charge in [-0.25, -0.2) is 9.97 Å². The fraction of sp³-hybridized carbons (Fsp3) is 0.421. The zero-order chi connectivity index (χ0) is 19.2. The Balaban J connectivity index is 0.00000280. The maximum Gasteiger partial charge on any atom is 0.191 e. The van der Waals surface area contributed by atoms with Crippen molar-refractivity contribution in [2.75, 3.05) is 32.6 Å². The van der Waals surface area contributed by atoms with Crippen molar-refractivity contribution >= 4 is 57.4 Å². The molecule has 9 heteroatoms. The molecular weight excluding hydrogens is 485 g/mol.